The summed E-state index contributed by atoms with van der Waals surface area (Å²) in [7, 11) is 0. The average Bonchev–Trinajstić information content (AvgIpc) is 2.76. The summed E-state index contributed by atoms with van der Waals surface area (Å²) in [6.45, 7) is 0. The van der Waals surface area contributed by atoms with Crippen molar-refractivity contribution in [1.29, 1.82) is 0 Å². The third-order valence-corrected chi connectivity index (χ3v) is 5.92. The first-order valence-corrected chi connectivity index (χ1v) is 11.0. The molecule has 0 aliphatic carbocycles. The lowest BCUT2D eigenvalue weighted by molar-refractivity contribution is 0.0943. The number of carbonyl (C=O) groups excluding carboxylic acids is 2. The van der Waals surface area contributed by atoms with E-state index in [1.807, 2.05) is 48.5 Å². The van der Waals surface area contributed by atoms with Crippen LogP contribution in [0.15, 0.2) is 83.0 Å². The molecule has 8 heteroatoms. The number of benzene rings is 3. The van der Waals surface area contributed by atoms with Gasteiger partial charge in [-0.15, -0.1) is 0 Å². The van der Waals surface area contributed by atoms with Crippen molar-refractivity contribution in [1.82, 2.24) is 10.9 Å². The predicted molar refractivity (Wildman–Crippen MR) is 135 cm³/mol. The van der Waals surface area contributed by atoms with Gasteiger partial charge in [0.2, 0.25) is 0 Å². The van der Waals surface area contributed by atoms with E-state index in [0.717, 1.165) is 18.3 Å². The molecule has 0 heterocycles. The van der Waals surface area contributed by atoms with Gasteiger partial charge in [0.15, 0.2) is 0 Å². The number of hydrogen-bond donors (Lipinski definition) is 2. The Balaban J connectivity index is 1.56. The summed E-state index contributed by atoms with van der Waals surface area (Å²) < 4.78 is 2.07. The maximum Gasteiger partial charge on any atom is 0.271 e. The molecule has 0 saturated carbocycles. The van der Waals surface area contributed by atoms with Crippen LogP contribution in [-0.2, 0) is 0 Å². The third kappa shape index (κ3) is 6.20. The Bertz CT molecular complexity index is 1020. The van der Waals surface area contributed by atoms with Crippen LogP contribution in [-0.4, -0.2) is 24.2 Å². The number of hydrazone groups is 2. The molecule has 0 unspecified atom stereocenters. The normalized spacial score (nSPS) is 11.0. The molecule has 2 amide bonds. The Morgan fingerprint density at radius 2 is 1.00 bits per heavy atom. The van der Waals surface area contributed by atoms with Crippen molar-refractivity contribution in [3.05, 3.63) is 102 Å². The number of halogens is 2. The van der Waals surface area contributed by atoms with Gasteiger partial charge in [-0.25, -0.2) is 10.9 Å². The zero-order valence-corrected chi connectivity index (χ0v) is 19.9. The minimum Gasteiger partial charge on any atom is -0.267 e. The van der Waals surface area contributed by atoms with Gasteiger partial charge >= 0.3 is 0 Å². The fourth-order valence-electron chi connectivity index (χ4n) is 2.38. The van der Waals surface area contributed by atoms with Crippen LogP contribution in [0.2, 0.25) is 0 Å². The van der Waals surface area contributed by atoms with Crippen LogP contribution in [0, 0.1) is 7.14 Å². The number of rotatable bonds is 6. The van der Waals surface area contributed by atoms with E-state index in [-0.39, 0.29) is 11.8 Å². The lowest BCUT2D eigenvalue weighted by Crippen LogP contribution is -2.19. The molecule has 0 radical (unpaired) electrons. The second kappa shape index (κ2) is 11.0. The van der Waals surface area contributed by atoms with Gasteiger partial charge in [0.05, 0.1) is 12.4 Å². The molecule has 0 atom stereocenters. The third-order valence-electron chi connectivity index (χ3n) is 3.96. The molecule has 0 aliphatic rings. The maximum absolute atomic E-state index is 12.2. The summed E-state index contributed by atoms with van der Waals surface area (Å²) in [5, 5.41) is 7.97. The van der Waals surface area contributed by atoms with Gasteiger partial charge in [0, 0.05) is 29.4 Å². The number of carbonyl (C=O) groups is 2. The van der Waals surface area contributed by atoms with Gasteiger partial charge in [-0.2, -0.15) is 10.2 Å². The van der Waals surface area contributed by atoms with Gasteiger partial charge in [-0.3, -0.25) is 9.59 Å². The fraction of sp³-hybridized carbons (Fsp3) is 0. The van der Waals surface area contributed by atoms with Crippen molar-refractivity contribution < 1.29 is 9.59 Å². The Hall–Kier alpha value is -2.60. The molecule has 0 fully saturated rings. The predicted octanol–water partition coefficient (Wildman–Crippen LogP) is 4.42. The monoisotopic (exact) mass is 622 g/mol. The topological polar surface area (TPSA) is 82.9 Å². The molecule has 0 aliphatic heterocycles. The van der Waals surface area contributed by atoms with Crippen LogP contribution < -0.4 is 10.9 Å². The molecule has 6 nitrogen and oxygen atoms in total. The van der Waals surface area contributed by atoms with E-state index in [1.165, 1.54) is 0 Å². The SMILES string of the molecule is O=C(N/N=C/c1ccccc1I)c1ccc(C(=O)N/N=C/c2ccccc2I)cc1. The lowest BCUT2D eigenvalue weighted by atomic mass is 10.1. The standard InChI is InChI=1S/C22H16I2N4O2/c23-19-7-3-1-5-17(19)13-25-27-21(29)15-9-11-16(12-10-15)22(30)28-26-14-18-6-2-4-8-20(18)24/h1-14H,(H,27,29)(H,28,30)/b25-13+,26-14+. The molecule has 2 N–H and O–H groups in total. The maximum atomic E-state index is 12.2. The van der Waals surface area contributed by atoms with Crippen molar-refractivity contribution in [3.63, 3.8) is 0 Å². The summed E-state index contributed by atoms with van der Waals surface area (Å²) in [6.07, 6.45) is 3.18. The summed E-state index contributed by atoms with van der Waals surface area (Å²) in [5.74, 6) is -0.721. The highest BCUT2D eigenvalue weighted by Crippen LogP contribution is 2.10. The van der Waals surface area contributed by atoms with Crippen LogP contribution in [0.5, 0.6) is 0 Å². The highest BCUT2D eigenvalue weighted by Gasteiger charge is 2.08. The van der Waals surface area contributed by atoms with E-state index in [4.69, 9.17) is 0 Å². The van der Waals surface area contributed by atoms with Crippen LogP contribution >= 0.6 is 45.2 Å². The lowest BCUT2D eigenvalue weighted by Gasteiger charge is -2.03. The fourth-order valence-corrected chi connectivity index (χ4v) is 3.44. The van der Waals surface area contributed by atoms with Gasteiger partial charge in [-0.05, 0) is 81.6 Å². The molecule has 150 valence electrons. The van der Waals surface area contributed by atoms with E-state index < -0.39 is 0 Å². The first-order chi connectivity index (χ1) is 14.5. The Morgan fingerprint density at radius 3 is 1.37 bits per heavy atom. The summed E-state index contributed by atoms with van der Waals surface area (Å²) in [5.41, 5.74) is 7.59. The number of nitrogens with zero attached hydrogens (tertiary/aromatic N) is 2. The molecule has 3 rings (SSSR count). The van der Waals surface area contributed by atoms with Crippen LogP contribution in [0.3, 0.4) is 0 Å². The van der Waals surface area contributed by atoms with Crippen molar-refractivity contribution >= 4 is 69.4 Å². The van der Waals surface area contributed by atoms with Gasteiger partial charge in [0.25, 0.3) is 11.8 Å². The number of nitrogens with one attached hydrogen (secondary N) is 2. The smallest absolute Gasteiger partial charge is 0.267 e. The second-order valence-electron chi connectivity index (χ2n) is 6.02. The zero-order valence-electron chi connectivity index (χ0n) is 15.5. The van der Waals surface area contributed by atoms with Gasteiger partial charge in [0.1, 0.15) is 0 Å². The summed E-state index contributed by atoms with van der Waals surface area (Å²) in [6, 6.07) is 21.7. The molecule has 0 spiro atoms. The van der Waals surface area contributed by atoms with Crippen LogP contribution in [0.25, 0.3) is 0 Å². The van der Waals surface area contributed by atoms with E-state index in [2.05, 4.69) is 66.2 Å². The minimum atomic E-state index is -0.360. The average molecular weight is 622 g/mol. The first-order valence-electron chi connectivity index (χ1n) is 8.80. The largest absolute Gasteiger partial charge is 0.271 e. The number of hydrogen-bond acceptors (Lipinski definition) is 4. The molecule has 0 bridgehead atoms. The second-order valence-corrected chi connectivity index (χ2v) is 8.34. The van der Waals surface area contributed by atoms with E-state index in [9.17, 15) is 9.59 Å². The zero-order chi connectivity index (χ0) is 21.3. The van der Waals surface area contributed by atoms with Crippen molar-refractivity contribution in [2.75, 3.05) is 0 Å². The van der Waals surface area contributed by atoms with E-state index >= 15 is 0 Å². The highest BCUT2D eigenvalue weighted by molar-refractivity contribution is 14.1. The Labute approximate surface area is 201 Å². The van der Waals surface area contributed by atoms with Crippen molar-refractivity contribution in [3.8, 4) is 0 Å². The van der Waals surface area contributed by atoms with Crippen molar-refractivity contribution in [2.45, 2.75) is 0 Å². The van der Waals surface area contributed by atoms with E-state index in [0.29, 0.717) is 11.1 Å². The quantitative estimate of drug-likeness (QED) is 0.243. The molecule has 30 heavy (non-hydrogen) atoms. The molecule has 3 aromatic carbocycles. The molecule has 0 saturated heterocycles. The molecule has 3 aromatic rings. The Kier molecular flexibility index (Phi) is 8.08. The molecular formula is C22H16I2N4O2. The van der Waals surface area contributed by atoms with Crippen LogP contribution in [0.4, 0.5) is 0 Å². The summed E-state index contributed by atoms with van der Waals surface area (Å²) in [4.78, 5) is 24.4. The van der Waals surface area contributed by atoms with Crippen LogP contribution in [0.1, 0.15) is 31.8 Å². The minimum absolute atomic E-state index is 0.360. The highest BCUT2D eigenvalue weighted by atomic mass is 127. The summed E-state index contributed by atoms with van der Waals surface area (Å²) >= 11 is 4.40. The van der Waals surface area contributed by atoms with Gasteiger partial charge in [-0.1, -0.05) is 36.4 Å². The molecule has 0 aromatic heterocycles. The molecular weight excluding hydrogens is 606 g/mol. The van der Waals surface area contributed by atoms with Crippen molar-refractivity contribution in [2.24, 2.45) is 10.2 Å². The van der Waals surface area contributed by atoms with E-state index in [1.54, 1.807) is 36.7 Å². The first kappa shape index (κ1) is 22.1. The Morgan fingerprint density at radius 1 is 0.633 bits per heavy atom. The number of amides is 2. The van der Waals surface area contributed by atoms with Gasteiger partial charge < -0.3 is 0 Å².